The molecule has 1 atom stereocenters. The highest BCUT2D eigenvalue weighted by molar-refractivity contribution is 5.08. The first-order valence-corrected chi connectivity index (χ1v) is 4.47. The van der Waals surface area contributed by atoms with Gasteiger partial charge in [-0.2, -0.15) is 5.10 Å². The maximum Gasteiger partial charge on any atom is 0.0993 e. The van der Waals surface area contributed by atoms with Gasteiger partial charge >= 0.3 is 0 Å². The molecule has 0 aliphatic rings. The summed E-state index contributed by atoms with van der Waals surface area (Å²) in [5, 5.41) is 13.8. The number of nitrogens with zero attached hydrogens (tertiary/aromatic N) is 2. The van der Waals surface area contributed by atoms with E-state index in [0.29, 0.717) is 6.42 Å². The first-order chi connectivity index (χ1) is 6.15. The fourth-order valence-corrected chi connectivity index (χ4v) is 1.23. The quantitative estimate of drug-likeness (QED) is 0.717. The summed E-state index contributed by atoms with van der Waals surface area (Å²) < 4.78 is 1.69. The maximum absolute atomic E-state index is 9.77. The van der Waals surface area contributed by atoms with Gasteiger partial charge in [-0.3, -0.25) is 4.68 Å². The number of aliphatic hydroxyl groups excluding tert-OH is 1. The summed E-state index contributed by atoms with van der Waals surface area (Å²) in [7, 11) is 1.83. The second-order valence-corrected chi connectivity index (χ2v) is 3.20. The monoisotopic (exact) mass is 180 g/mol. The van der Waals surface area contributed by atoms with Crippen molar-refractivity contribution in [1.82, 2.24) is 9.78 Å². The van der Waals surface area contributed by atoms with Crippen molar-refractivity contribution in [1.29, 1.82) is 0 Å². The molecule has 0 aliphatic heterocycles. The zero-order valence-corrected chi connectivity index (χ0v) is 8.20. The van der Waals surface area contributed by atoms with Crippen molar-refractivity contribution < 1.29 is 5.11 Å². The summed E-state index contributed by atoms with van der Waals surface area (Å²) in [5.74, 6) is 0. The number of rotatable bonds is 4. The zero-order chi connectivity index (χ0) is 9.84. The third kappa shape index (κ3) is 2.42. The predicted molar refractivity (Wildman–Crippen MR) is 52.2 cm³/mol. The molecule has 0 aliphatic carbocycles. The molecule has 1 aromatic rings. The Morgan fingerprint density at radius 2 is 2.46 bits per heavy atom. The Labute approximate surface area is 78.7 Å². The van der Waals surface area contributed by atoms with E-state index in [0.717, 1.165) is 17.7 Å². The predicted octanol–water partition coefficient (Wildman–Crippen LogP) is 1.81. The molecule has 0 saturated carbocycles. The molecule has 1 aromatic heterocycles. The molecule has 0 fully saturated rings. The van der Waals surface area contributed by atoms with Crippen molar-refractivity contribution in [2.24, 2.45) is 7.05 Å². The van der Waals surface area contributed by atoms with Crippen LogP contribution < -0.4 is 0 Å². The molecule has 72 valence electrons. The molecule has 1 heterocycles. The first kappa shape index (κ1) is 9.99. The van der Waals surface area contributed by atoms with Gasteiger partial charge in [0.05, 0.1) is 11.8 Å². The summed E-state index contributed by atoms with van der Waals surface area (Å²) in [4.78, 5) is 0. The molecule has 3 nitrogen and oxygen atoms in total. The van der Waals surface area contributed by atoms with Crippen molar-refractivity contribution in [2.45, 2.75) is 25.9 Å². The third-order valence-corrected chi connectivity index (χ3v) is 2.18. The standard InChI is InChI=1S/C10H16N2O/c1-4-8(2)7-10(13)9-5-6-11-12(9)3/h5-6,10,13H,2,4,7H2,1,3H3. The lowest BCUT2D eigenvalue weighted by Crippen LogP contribution is -2.05. The molecule has 0 bridgehead atoms. The van der Waals surface area contributed by atoms with Crippen molar-refractivity contribution in [3.8, 4) is 0 Å². The minimum absolute atomic E-state index is 0.472. The van der Waals surface area contributed by atoms with Crippen molar-refractivity contribution in [3.63, 3.8) is 0 Å². The average Bonchev–Trinajstić information content (AvgIpc) is 2.51. The number of hydrogen-bond acceptors (Lipinski definition) is 2. The van der Waals surface area contributed by atoms with Crippen LogP contribution in [0.15, 0.2) is 24.4 Å². The Kier molecular flexibility index (Phi) is 3.25. The Bertz CT molecular complexity index is 291. The number of aromatic nitrogens is 2. The van der Waals surface area contributed by atoms with E-state index in [1.807, 2.05) is 20.0 Å². The van der Waals surface area contributed by atoms with E-state index in [1.165, 1.54) is 0 Å². The van der Waals surface area contributed by atoms with Gasteiger partial charge in [0.2, 0.25) is 0 Å². The molecule has 1 N–H and O–H groups in total. The molecule has 0 radical (unpaired) electrons. The first-order valence-electron chi connectivity index (χ1n) is 4.47. The number of aliphatic hydroxyl groups is 1. The van der Waals surface area contributed by atoms with Gasteiger partial charge in [0.1, 0.15) is 0 Å². The van der Waals surface area contributed by atoms with Gasteiger partial charge < -0.3 is 5.11 Å². The molecular weight excluding hydrogens is 164 g/mol. The Morgan fingerprint density at radius 1 is 1.77 bits per heavy atom. The lowest BCUT2D eigenvalue weighted by Gasteiger charge is -2.11. The van der Waals surface area contributed by atoms with Crippen molar-refractivity contribution in [2.75, 3.05) is 0 Å². The van der Waals surface area contributed by atoms with Crippen LogP contribution in [0.3, 0.4) is 0 Å². The molecule has 1 rings (SSSR count). The SMILES string of the molecule is C=C(CC)CC(O)c1ccnn1C. The van der Waals surface area contributed by atoms with E-state index in [-0.39, 0.29) is 0 Å². The highest BCUT2D eigenvalue weighted by Crippen LogP contribution is 2.20. The van der Waals surface area contributed by atoms with E-state index < -0.39 is 6.10 Å². The fourth-order valence-electron chi connectivity index (χ4n) is 1.23. The smallest absolute Gasteiger partial charge is 0.0993 e. The lowest BCUT2D eigenvalue weighted by molar-refractivity contribution is 0.167. The maximum atomic E-state index is 9.77. The molecular formula is C10H16N2O. The van der Waals surface area contributed by atoms with E-state index in [1.54, 1.807) is 10.9 Å². The van der Waals surface area contributed by atoms with Crippen LogP contribution in [0.25, 0.3) is 0 Å². The van der Waals surface area contributed by atoms with Crippen LogP contribution in [-0.4, -0.2) is 14.9 Å². The van der Waals surface area contributed by atoms with E-state index in [2.05, 4.69) is 11.7 Å². The van der Waals surface area contributed by atoms with Crippen LogP contribution in [0, 0.1) is 0 Å². The highest BCUT2D eigenvalue weighted by Gasteiger charge is 2.11. The van der Waals surface area contributed by atoms with Crippen LogP contribution in [0.2, 0.25) is 0 Å². The van der Waals surface area contributed by atoms with Crippen molar-refractivity contribution in [3.05, 3.63) is 30.1 Å². The van der Waals surface area contributed by atoms with Crippen LogP contribution in [0.4, 0.5) is 0 Å². The minimum Gasteiger partial charge on any atom is -0.386 e. The molecule has 0 amide bonds. The molecule has 0 aromatic carbocycles. The van der Waals surface area contributed by atoms with E-state index in [4.69, 9.17) is 0 Å². The van der Waals surface area contributed by atoms with Crippen LogP contribution in [-0.2, 0) is 7.05 Å². The van der Waals surface area contributed by atoms with Gasteiger partial charge in [-0.25, -0.2) is 0 Å². The summed E-state index contributed by atoms with van der Waals surface area (Å²) in [6.45, 7) is 5.90. The van der Waals surface area contributed by atoms with E-state index >= 15 is 0 Å². The van der Waals surface area contributed by atoms with Crippen molar-refractivity contribution >= 4 is 0 Å². The van der Waals surface area contributed by atoms with Gasteiger partial charge in [0.25, 0.3) is 0 Å². The topological polar surface area (TPSA) is 38.1 Å². The van der Waals surface area contributed by atoms with Crippen LogP contribution in [0.1, 0.15) is 31.6 Å². The average molecular weight is 180 g/mol. The second-order valence-electron chi connectivity index (χ2n) is 3.20. The van der Waals surface area contributed by atoms with Gasteiger partial charge in [-0.1, -0.05) is 19.1 Å². The normalized spacial score (nSPS) is 12.8. The number of hydrogen-bond donors (Lipinski definition) is 1. The Balaban J connectivity index is 2.63. The van der Waals surface area contributed by atoms with Gasteiger partial charge in [0.15, 0.2) is 0 Å². The summed E-state index contributed by atoms with van der Waals surface area (Å²) in [6.07, 6.45) is 2.75. The highest BCUT2D eigenvalue weighted by atomic mass is 16.3. The van der Waals surface area contributed by atoms with Gasteiger partial charge in [0, 0.05) is 13.2 Å². The molecule has 1 unspecified atom stereocenters. The van der Waals surface area contributed by atoms with Gasteiger partial charge in [-0.15, -0.1) is 0 Å². The summed E-state index contributed by atoms with van der Waals surface area (Å²) in [6, 6.07) is 1.83. The van der Waals surface area contributed by atoms with E-state index in [9.17, 15) is 5.11 Å². The van der Waals surface area contributed by atoms with Crippen LogP contribution >= 0.6 is 0 Å². The third-order valence-electron chi connectivity index (χ3n) is 2.18. The van der Waals surface area contributed by atoms with Crippen LogP contribution in [0.5, 0.6) is 0 Å². The number of aryl methyl sites for hydroxylation is 1. The summed E-state index contributed by atoms with van der Waals surface area (Å²) in [5.41, 5.74) is 1.91. The van der Waals surface area contributed by atoms with Gasteiger partial charge in [-0.05, 0) is 18.9 Å². The molecule has 3 heteroatoms. The molecule has 0 saturated heterocycles. The Morgan fingerprint density at radius 3 is 2.92 bits per heavy atom. The molecule has 0 spiro atoms. The second kappa shape index (κ2) is 4.23. The molecule has 13 heavy (non-hydrogen) atoms. The summed E-state index contributed by atoms with van der Waals surface area (Å²) >= 11 is 0. The Hall–Kier alpha value is -1.09. The largest absolute Gasteiger partial charge is 0.386 e. The fraction of sp³-hybridized carbons (Fsp3) is 0.500. The minimum atomic E-state index is -0.472. The lowest BCUT2D eigenvalue weighted by atomic mass is 10.1. The zero-order valence-electron chi connectivity index (χ0n) is 8.20.